The number of sulfonamides is 1. The summed E-state index contributed by atoms with van der Waals surface area (Å²) in [6, 6.07) is 0. The Morgan fingerprint density at radius 1 is 1.47 bits per heavy atom. The zero-order valence-corrected chi connectivity index (χ0v) is 11.9. The molecule has 0 saturated carbocycles. The van der Waals surface area contributed by atoms with Gasteiger partial charge in [-0.05, 0) is 0 Å². The number of hydrogen-bond donors (Lipinski definition) is 1. The molecule has 8 nitrogen and oxygen atoms in total. The Hall–Kier alpha value is -1.65. The highest BCUT2D eigenvalue weighted by molar-refractivity contribution is 7.92. The van der Waals surface area contributed by atoms with Crippen LogP contribution in [0, 0.1) is 0 Å². The minimum atomic E-state index is -3.89. The third-order valence-corrected chi connectivity index (χ3v) is 4.85. The molecule has 0 aliphatic heterocycles. The van der Waals surface area contributed by atoms with Crippen molar-refractivity contribution in [2.75, 3.05) is 4.72 Å². The van der Waals surface area contributed by atoms with Crippen LogP contribution in [0.4, 0.5) is 5.95 Å². The molecule has 3 heterocycles. The third kappa shape index (κ3) is 1.97. The average Bonchev–Trinajstić information content (AvgIpc) is 2.95. The summed E-state index contributed by atoms with van der Waals surface area (Å²) in [7, 11) is -2.32. The van der Waals surface area contributed by atoms with Crippen molar-refractivity contribution in [3.8, 4) is 0 Å². The lowest BCUT2D eigenvalue weighted by molar-refractivity contribution is 0.595. The van der Waals surface area contributed by atoms with Crippen LogP contribution >= 0.6 is 22.9 Å². The molecule has 100 valence electrons. The van der Waals surface area contributed by atoms with Gasteiger partial charge < -0.3 is 0 Å². The monoisotopic (exact) mass is 318 g/mol. The van der Waals surface area contributed by atoms with Gasteiger partial charge in [-0.3, -0.25) is 4.40 Å². The highest BCUT2D eigenvalue weighted by atomic mass is 35.5. The zero-order valence-electron chi connectivity index (χ0n) is 9.48. The molecule has 3 rings (SSSR count). The minimum absolute atomic E-state index is 0.0819. The second kappa shape index (κ2) is 4.18. The molecule has 0 fully saturated rings. The van der Waals surface area contributed by atoms with Gasteiger partial charge in [-0.15, -0.1) is 11.3 Å². The van der Waals surface area contributed by atoms with Gasteiger partial charge in [0.2, 0.25) is 5.95 Å². The van der Waals surface area contributed by atoms with Crippen molar-refractivity contribution < 1.29 is 8.42 Å². The number of fused-ring (bicyclic) bond motifs is 1. The van der Waals surface area contributed by atoms with Gasteiger partial charge >= 0.3 is 0 Å². The molecule has 0 amide bonds. The van der Waals surface area contributed by atoms with E-state index in [1.165, 1.54) is 26.7 Å². The van der Waals surface area contributed by atoms with Gasteiger partial charge in [0.25, 0.3) is 10.0 Å². The number of aromatic nitrogens is 5. The molecule has 0 bridgehead atoms. The van der Waals surface area contributed by atoms with Crippen LogP contribution in [0.2, 0.25) is 5.15 Å². The Morgan fingerprint density at radius 3 is 2.95 bits per heavy atom. The number of rotatable bonds is 3. The summed E-state index contributed by atoms with van der Waals surface area (Å²) < 4.78 is 29.6. The third-order valence-electron chi connectivity index (χ3n) is 2.37. The van der Waals surface area contributed by atoms with E-state index in [0.717, 1.165) is 0 Å². The maximum atomic E-state index is 12.3. The summed E-state index contributed by atoms with van der Waals surface area (Å²) in [6.45, 7) is 0. The summed E-state index contributed by atoms with van der Waals surface area (Å²) in [5.74, 6) is 0.0984. The molecular weight excluding hydrogens is 312 g/mol. The number of nitrogens with zero attached hydrogens (tertiary/aromatic N) is 5. The van der Waals surface area contributed by atoms with Crippen LogP contribution in [0.15, 0.2) is 22.9 Å². The first-order valence-corrected chi connectivity index (χ1v) is 7.71. The molecule has 1 N–H and O–H groups in total. The number of hydrogen-bond acceptors (Lipinski definition) is 6. The molecule has 0 saturated heterocycles. The lowest BCUT2D eigenvalue weighted by Crippen LogP contribution is -2.18. The number of aryl methyl sites for hydroxylation is 1. The smallest absolute Gasteiger partial charge is 0.278 e. The summed E-state index contributed by atoms with van der Waals surface area (Å²) in [5, 5.41) is 5.31. The van der Waals surface area contributed by atoms with Crippen molar-refractivity contribution >= 4 is 43.9 Å². The predicted octanol–water partition coefficient (Wildman–Crippen LogP) is 0.978. The Labute approximate surface area is 116 Å². The van der Waals surface area contributed by atoms with E-state index in [0.29, 0.717) is 4.96 Å². The molecule has 0 aromatic carbocycles. The Kier molecular flexibility index (Phi) is 2.73. The van der Waals surface area contributed by atoms with Crippen LogP contribution in [0.25, 0.3) is 4.96 Å². The molecule has 3 aromatic rings. The molecule has 0 aliphatic carbocycles. The van der Waals surface area contributed by atoms with E-state index < -0.39 is 10.0 Å². The summed E-state index contributed by atoms with van der Waals surface area (Å²) in [6.07, 6.45) is 2.83. The van der Waals surface area contributed by atoms with Crippen LogP contribution in [-0.2, 0) is 17.1 Å². The lowest BCUT2D eigenvalue weighted by Gasteiger charge is -2.05. The summed E-state index contributed by atoms with van der Waals surface area (Å²) in [5.41, 5.74) is 0. The van der Waals surface area contributed by atoms with Crippen LogP contribution in [0.5, 0.6) is 0 Å². The van der Waals surface area contributed by atoms with E-state index in [2.05, 4.69) is 19.8 Å². The van der Waals surface area contributed by atoms with Crippen LogP contribution in [0.3, 0.4) is 0 Å². The average molecular weight is 319 g/mol. The molecule has 0 radical (unpaired) electrons. The van der Waals surface area contributed by atoms with Crippen molar-refractivity contribution in [3.05, 3.63) is 23.1 Å². The first kappa shape index (κ1) is 12.4. The highest BCUT2D eigenvalue weighted by Crippen LogP contribution is 2.26. The minimum Gasteiger partial charge on any atom is -0.278 e. The van der Waals surface area contributed by atoms with Crippen molar-refractivity contribution in [3.63, 3.8) is 0 Å². The molecule has 0 unspecified atom stereocenters. The Morgan fingerprint density at radius 2 is 2.26 bits per heavy atom. The Balaban J connectivity index is 2.12. The number of nitrogens with one attached hydrogen (secondary N) is 1. The standard InChI is InChI=1S/C8H7ClN6O2S2/c1-14-7(10-4-11-14)13-19(16,17)6-5(9)12-8-15(6)2-3-18-8/h2-4H,1H3,(H,10,11,13). The first-order chi connectivity index (χ1) is 8.99. The van der Waals surface area contributed by atoms with Crippen molar-refractivity contribution in [1.82, 2.24) is 24.1 Å². The molecule has 3 aromatic heterocycles. The van der Waals surface area contributed by atoms with E-state index in [9.17, 15) is 8.42 Å². The largest absolute Gasteiger partial charge is 0.283 e. The fourth-order valence-corrected chi connectivity index (χ4v) is 4.03. The molecule has 0 atom stereocenters. The number of halogens is 1. The van der Waals surface area contributed by atoms with Gasteiger partial charge in [-0.2, -0.15) is 18.5 Å². The molecule has 0 spiro atoms. The fraction of sp³-hybridized carbons (Fsp3) is 0.125. The van der Waals surface area contributed by atoms with E-state index >= 15 is 0 Å². The van der Waals surface area contributed by atoms with Crippen molar-refractivity contribution in [2.45, 2.75) is 5.03 Å². The number of thiazole rings is 1. The van der Waals surface area contributed by atoms with Gasteiger partial charge in [0, 0.05) is 18.6 Å². The molecule has 19 heavy (non-hydrogen) atoms. The van der Waals surface area contributed by atoms with Gasteiger partial charge in [0.1, 0.15) is 6.33 Å². The van der Waals surface area contributed by atoms with Crippen LogP contribution in [-0.4, -0.2) is 32.6 Å². The molecule has 0 aliphatic rings. The van der Waals surface area contributed by atoms with Gasteiger partial charge in [-0.1, -0.05) is 11.6 Å². The maximum absolute atomic E-state index is 12.3. The summed E-state index contributed by atoms with van der Waals surface area (Å²) >= 11 is 7.18. The zero-order chi connectivity index (χ0) is 13.6. The SMILES string of the molecule is Cn1ncnc1NS(=O)(=O)c1c(Cl)nc2sccn12. The van der Waals surface area contributed by atoms with E-state index in [-0.39, 0.29) is 16.1 Å². The summed E-state index contributed by atoms with van der Waals surface area (Å²) in [4.78, 5) is 8.28. The van der Waals surface area contributed by atoms with Crippen LogP contribution < -0.4 is 4.72 Å². The fourth-order valence-electron chi connectivity index (χ4n) is 1.54. The maximum Gasteiger partial charge on any atom is 0.283 e. The molecular formula is C8H7ClN6O2S2. The number of anilines is 1. The predicted molar refractivity (Wildman–Crippen MR) is 69.9 cm³/mol. The second-order valence-electron chi connectivity index (χ2n) is 3.58. The topological polar surface area (TPSA) is 94.2 Å². The van der Waals surface area contributed by atoms with Gasteiger partial charge in [-0.25, -0.2) is 14.4 Å². The van der Waals surface area contributed by atoms with Crippen molar-refractivity contribution in [1.29, 1.82) is 0 Å². The van der Waals surface area contributed by atoms with Gasteiger partial charge in [0.15, 0.2) is 15.1 Å². The molecule has 11 heteroatoms. The highest BCUT2D eigenvalue weighted by Gasteiger charge is 2.26. The van der Waals surface area contributed by atoms with Crippen molar-refractivity contribution in [2.24, 2.45) is 7.05 Å². The normalized spacial score (nSPS) is 12.1. The second-order valence-corrected chi connectivity index (χ2v) is 6.40. The quantitative estimate of drug-likeness (QED) is 0.776. The van der Waals surface area contributed by atoms with Gasteiger partial charge in [0.05, 0.1) is 0 Å². The van der Waals surface area contributed by atoms with E-state index in [1.807, 2.05) is 0 Å². The number of imidazole rings is 1. The lowest BCUT2D eigenvalue weighted by atomic mass is 10.9. The Bertz CT molecular complexity index is 848. The van der Waals surface area contributed by atoms with Crippen LogP contribution in [0.1, 0.15) is 0 Å². The van der Waals surface area contributed by atoms with E-state index in [1.54, 1.807) is 18.6 Å². The van der Waals surface area contributed by atoms with E-state index in [4.69, 9.17) is 11.6 Å². The first-order valence-electron chi connectivity index (χ1n) is 4.97.